The van der Waals surface area contributed by atoms with E-state index >= 15 is 0 Å². The van der Waals surface area contributed by atoms with Crippen LogP contribution in [0.15, 0.2) is 71.9 Å². The molecule has 2 aromatic carbocycles. The number of aromatic nitrogens is 3. The lowest BCUT2D eigenvalue weighted by Crippen LogP contribution is -2.47. The minimum absolute atomic E-state index is 0.151. The molecule has 1 aliphatic rings. The number of nitrogens with zero attached hydrogens (tertiary/aromatic N) is 5. The van der Waals surface area contributed by atoms with Crippen LogP contribution in [0, 0.1) is 6.92 Å². The van der Waals surface area contributed by atoms with Crippen molar-refractivity contribution in [3.05, 3.63) is 72.6 Å². The lowest BCUT2D eigenvalue weighted by molar-refractivity contribution is -0.200. The molecule has 0 aliphatic carbocycles. The van der Waals surface area contributed by atoms with Crippen molar-refractivity contribution in [2.75, 3.05) is 60.1 Å². The molecule has 15 heteroatoms. The van der Waals surface area contributed by atoms with Gasteiger partial charge in [0, 0.05) is 74.1 Å². The molecule has 11 nitrogen and oxygen atoms in total. The summed E-state index contributed by atoms with van der Waals surface area (Å²) < 4.78 is 84.8. The number of pyridine rings is 1. The van der Waals surface area contributed by atoms with Crippen LogP contribution in [0.25, 0.3) is 33.2 Å². The van der Waals surface area contributed by atoms with Crippen molar-refractivity contribution in [1.82, 2.24) is 23.3 Å². The van der Waals surface area contributed by atoms with Crippen molar-refractivity contribution in [3.8, 4) is 22.8 Å². The van der Waals surface area contributed by atoms with Gasteiger partial charge < -0.3 is 23.7 Å². The first-order valence-electron chi connectivity index (χ1n) is 16.1. The highest BCUT2D eigenvalue weighted by molar-refractivity contribution is 7.90. The molecule has 5 aromatic rings. The van der Waals surface area contributed by atoms with Crippen molar-refractivity contribution in [2.24, 2.45) is 0 Å². The Kier molecular flexibility index (Phi) is 10.1. The zero-order chi connectivity index (χ0) is 35.6. The topological polar surface area (TPSA) is 108 Å². The third-order valence-corrected chi connectivity index (χ3v) is 10.7. The summed E-state index contributed by atoms with van der Waals surface area (Å²) in [5, 5.41) is 1.46. The van der Waals surface area contributed by atoms with Crippen LogP contribution < -0.4 is 9.47 Å². The van der Waals surface area contributed by atoms with E-state index in [0.717, 1.165) is 42.5 Å². The van der Waals surface area contributed by atoms with Crippen LogP contribution in [0.2, 0.25) is 0 Å². The van der Waals surface area contributed by atoms with Crippen molar-refractivity contribution in [3.63, 3.8) is 0 Å². The predicted octanol–water partition coefficient (Wildman–Crippen LogP) is 5.33. The van der Waals surface area contributed by atoms with Gasteiger partial charge in [0.1, 0.15) is 6.61 Å². The lowest BCUT2D eigenvalue weighted by Gasteiger charge is -2.34. The minimum Gasteiger partial charge on any atom is -0.493 e. The van der Waals surface area contributed by atoms with Crippen LogP contribution in [0.1, 0.15) is 12.0 Å². The molecule has 4 heterocycles. The molecule has 50 heavy (non-hydrogen) atoms. The molecule has 0 radical (unpaired) electrons. The Morgan fingerprint density at radius 2 is 1.56 bits per heavy atom. The first-order valence-corrected chi connectivity index (χ1v) is 17.6. The van der Waals surface area contributed by atoms with Crippen LogP contribution in [0.4, 0.5) is 13.2 Å². The number of benzene rings is 2. The summed E-state index contributed by atoms with van der Waals surface area (Å²) in [4.78, 5) is 19.9. The van der Waals surface area contributed by atoms with E-state index in [4.69, 9.17) is 9.47 Å². The molecule has 0 N–H and O–H groups in total. The molecule has 0 amide bonds. The van der Waals surface area contributed by atoms with Gasteiger partial charge in [0.25, 0.3) is 10.0 Å². The molecule has 266 valence electrons. The second kappa shape index (κ2) is 14.3. The first kappa shape index (κ1) is 35.2. The van der Waals surface area contributed by atoms with Crippen molar-refractivity contribution in [1.29, 1.82) is 0 Å². The summed E-state index contributed by atoms with van der Waals surface area (Å²) in [7, 11) is -0.936. The summed E-state index contributed by atoms with van der Waals surface area (Å²) in [5.74, 6) is -1.12. The number of hydrogen-bond donors (Lipinski definition) is 0. The van der Waals surface area contributed by atoms with E-state index in [0.29, 0.717) is 53.4 Å². The van der Waals surface area contributed by atoms with Crippen LogP contribution in [0.3, 0.4) is 0 Å². The molecular formula is C35H38F3N5O6S. The average molecular weight is 714 g/mol. The second-order valence-corrected chi connectivity index (χ2v) is 13.9. The van der Waals surface area contributed by atoms with Crippen molar-refractivity contribution < 1.29 is 40.6 Å². The maximum Gasteiger partial charge on any atom is 0.490 e. The zero-order valence-electron chi connectivity index (χ0n) is 27.9. The lowest BCUT2D eigenvalue weighted by atomic mass is 10.1. The van der Waals surface area contributed by atoms with Crippen LogP contribution in [-0.4, -0.2) is 104 Å². The number of fused-ring (bicyclic) bond motifs is 2. The Hall–Kier alpha value is -4.60. The summed E-state index contributed by atoms with van der Waals surface area (Å²) in [6.07, 6.45) is -0.685. The Morgan fingerprint density at radius 3 is 2.22 bits per heavy atom. The quantitative estimate of drug-likeness (QED) is 0.159. The van der Waals surface area contributed by atoms with Gasteiger partial charge in [0.15, 0.2) is 17.1 Å². The monoisotopic (exact) mass is 713 g/mol. The maximum atomic E-state index is 14.3. The highest BCUT2D eigenvalue weighted by atomic mass is 32.2. The van der Waals surface area contributed by atoms with Crippen molar-refractivity contribution in [2.45, 2.75) is 31.0 Å². The average Bonchev–Trinajstić information content (AvgIpc) is 3.66. The maximum absolute atomic E-state index is 14.3. The number of aryl methyl sites for hydroxylation is 2. The number of methoxy groups -OCH3 is 2. The zero-order valence-corrected chi connectivity index (χ0v) is 28.8. The van der Waals surface area contributed by atoms with E-state index in [2.05, 4.69) is 19.2 Å². The number of carbonyl (C=O) groups is 1. The van der Waals surface area contributed by atoms with E-state index in [1.54, 1.807) is 50.7 Å². The number of rotatable bonds is 12. The highest BCUT2D eigenvalue weighted by Gasteiger charge is 2.41. The summed E-state index contributed by atoms with van der Waals surface area (Å²) in [6.45, 7) is 5.95. The summed E-state index contributed by atoms with van der Waals surface area (Å²) in [5.41, 5.74) is 3.26. The number of piperazine rings is 1. The van der Waals surface area contributed by atoms with Gasteiger partial charge in [0.05, 0.1) is 30.3 Å². The Labute approximate surface area is 287 Å². The summed E-state index contributed by atoms with van der Waals surface area (Å²) in [6, 6.07) is 15.9. The SMILES string of the molecule is COc1cc2c(-c3cc4cccnc4n3S(=O)(=O)c3ccc(C)cc3)cn(CCCN3CCN(CCOC(=O)C(F)(F)F)CC3)c2cc1OC. The fraction of sp³-hybridized carbons (Fsp3) is 0.371. The third kappa shape index (κ3) is 7.16. The summed E-state index contributed by atoms with van der Waals surface area (Å²) >= 11 is 0. The molecule has 0 atom stereocenters. The molecule has 1 saturated heterocycles. The van der Waals surface area contributed by atoms with Gasteiger partial charge in [-0.25, -0.2) is 22.2 Å². The number of alkyl halides is 3. The Bertz CT molecular complexity index is 2100. The molecule has 6 rings (SSSR count). The third-order valence-electron chi connectivity index (χ3n) is 8.95. The van der Waals surface area contributed by atoms with E-state index < -0.39 is 22.2 Å². The fourth-order valence-electron chi connectivity index (χ4n) is 6.31. The van der Waals surface area contributed by atoms with Gasteiger partial charge in [0.2, 0.25) is 0 Å². The number of ether oxygens (including phenoxy) is 3. The number of halogens is 3. The largest absolute Gasteiger partial charge is 0.493 e. The van der Waals surface area contributed by atoms with Gasteiger partial charge >= 0.3 is 12.1 Å². The predicted molar refractivity (Wildman–Crippen MR) is 182 cm³/mol. The van der Waals surface area contributed by atoms with Crippen LogP contribution in [-0.2, 0) is 26.1 Å². The molecule has 0 bridgehead atoms. The Morgan fingerprint density at radius 1 is 0.900 bits per heavy atom. The van der Waals surface area contributed by atoms with Crippen LogP contribution in [0.5, 0.6) is 11.5 Å². The van der Waals surface area contributed by atoms with Gasteiger partial charge in [-0.1, -0.05) is 17.7 Å². The molecular weight excluding hydrogens is 675 g/mol. The molecule has 1 fully saturated rings. The number of hydrogen-bond acceptors (Lipinski definition) is 9. The van der Waals surface area contributed by atoms with Gasteiger partial charge in [-0.2, -0.15) is 13.2 Å². The molecule has 0 saturated carbocycles. The number of carbonyl (C=O) groups excluding carboxylic acids is 1. The van der Waals surface area contributed by atoms with Crippen LogP contribution >= 0.6 is 0 Å². The molecule has 3 aromatic heterocycles. The smallest absolute Gasteiger partial charge is 0.490 e. The molecule has 0 spiro atoms. The molecule has 0 unspecified atom stereocenters. The van der Waals surface area contributed by atoms with Gasteiger partial charge in [-0.05, 0) is 56.3 Å². The van der Waals surface area contributed by atoms with E-state index in [9.17, 15) is 26.4 Å². The molecule has 1 aliphatic heterocycles. The highest BCUT2D eigenvalue weighted by Crippen LogP contribution is 2.41. The fourth-order valence-corrected chi connectivity index (χ4v) is 7.80. The Balaban J connectivity index is 1.26. The van der Waals surface area contributed by atoms with Gasteiger partial charge in [-0.15, -0.1) is 0 Å². The van der Waals surface area contributed by atoms with Gasteiger partial charge in [-0.3, -0.25) is 4.90 Å². The standard InChI is InChI=1S/C35H38F3N5O6S/c1-24-7-9-26(10-8-24)50(45,46)43-30(20-25-6-4-11-39-33(25)43)28-23-42(29-22-32(48-3)31(47-2)21-27(28)29)13-5-12-40-14-16-41(17-15-40)18-19-49-34(44)35(36,37)38/h4,6-11,20-23H,5,12-19H2,1-3H3. The van der Waals surface area contributed by atoms with Crippen molar-refractivity contribution >= 4 is 37.9 Å². The normalized spacial score (nSPS) is 14.8. The second-order valence-electron chi connectivity index (χ2n) is 12.2. The van der Waals surface area contributed by atoms with E-state index in [1.165, 1.54) is 3.97 Å². The van der Waals surface area contributed by atoms with E-state index in [1.807, 2.05) is 42.3 Å². The van der Waals surface area contributed by atoms with E-state index in [-0.39, 0.29) is 18.0 Å². The minimum atomic E-state index is -4.99. The first-order chi connectivity index (χ1) is 23.9. The number of esters is 1.